The number of carbonyl (C=O) groups is 2. The van der Waals surface area contributed by atoms with E-state index in [-0.39, 0.29) is 30.3 Å². The van der Waals surface area contributed by atoms with Crippen molar-refractivity contribution >= 4 is 46.0 Å². The van der Waals surface area contributed by atoms with Gasteiger partial charge in [0.25, 0.3) is 5.91 Å². The molecule has 7 rings (SSSR count). The number of H-pyrrole nitrogens is 1. The Bertz CT molecular complexity index is 1940. The second-order valence-corrected chi connectivity index (χ2v) is 14.5. The minimum Gasteiger partial charge on any atom is -0.453 e. The zero-order chi connectivity index (χ0) is 33.6. The van der Waals surface area contributed by atoms with Crippen LogP contribution in [0.15, 0.2) is 85.1 Å². The first kappa shape index (κ1) is 32.1. The van der Waals surface area contributed by atoms with Crippen LogP contribution in [0.4, 0.5) is 4.79 Å². The Morgan fingerprint density at radius 3 is 2.42 bits per heavy atom. The molecule has 0 saturated carbocycles. The number of hydrogen-bond donors (Lipinski definition) is 2. The van der Waals surface area contributed by atoms with Gasteiger partial charge >= 0.3 is 13.2 Å². The van der Waals surface area contributed by atoms with E-state index in [0.29, 0.717) is 12.1 Å². The summed E-state index contributed by atoms with van der Waals surface area (Å²) in [5, 5.41) is 3.90. The monoisotopic (exact) mass is 662 g/mol. The number of aromatic nitrogens is 2. The van der Waals surface area contributed by atoms with Gasteiger partial charge in [-0.3, -0.25) is 4.79 Å². The summed E-state index contributed by atoms with van der Waals surface area (Å²) in [6.07, 6.45) is 2.79. The number of rotatable bonds is 7. The molecule has 0 unspecified atom stereocenters. The van der Waals surface area contributed by atoms with Gasteiger partial charge in [-0.25, -0.2) is 9.78 Å². The maximum atomic E-state index is 13.8. The van der Waals surface area contributed by atoms with Gasteiger partial charge in [0, 0.05) is 16.1 Å². The highest BCUT2D eigenvalue weighted by molar-refractivity contribution is 7.22. The number of ether oxygens (including phenoxy) is 1. The van der Waals surface area contributed by atoms with Crippen LogP contribution < -0.4 is 10.8 Å². The maximum absolute atomic E-state index is 13.8. The van der Waals surface area contributed by atoms with Crippen LogP contribution in [-0.2, 0) is 18.8 Å². The van der Waals surface area contributed by atoms with Gasteiger partial charge < -0.3 is 29.2 Å². The highest BCUT2D eigenvalue weighted by Crippen LogP contribution is 2.39. The summed E-state index contributed by atoms with van der Waals surface area (Å²) >= 11 is 1.75. The van der Waals surface area contributed by atoms with Crippen molar-refractivity contribution < 1.29 is 23.6 Å². The number of imidazole rings is 1. The zero-order valence-corrected chi connectivity index (χ0v) is 28.6. The number of alkyl carbamates (subject to hydrolysis) is 1. The van der Waals surface area contributed by atoms with Gasteiger partial charge in [-0.15, -0.1) is 11.3 Å². The molecule has 0 aliphatic carbocycles. The maximum Gasteiger partial charge on any atom is 0.494 e. The van der Waals surface area contributed by atoms with Gasteiger partial charge in [0.05, 0.1) is 36.2 Å². The lowest BCUT2D eigenvalue weighted by molar-refractivity contribution is -0.134. The van der Waals surface area contributed by atoms with E-state index in [9.17, 15) is 9.59 Å². The van der Waals surface area contributed by atoms with E-state index >= 15 is 0 Å². The van der Waals surface area contributed by atoms with E-state index in [1.165, 1.54) is 22.1 Å². The van der Waals surface area contributed by atoms with Gasteiger partial charge in [-0.05, 0) is 80.2 Å². The number of likely N-dealkylation sites (tertiary alicyclic amines) is 1. The smallest absolute Gasteiger partial charge is 0.453 e. The Balaban J connectivity index is 1.07. The summed E-state index contributed by atoms with van der Waals surface area (Å²) < 4.78 is 18.6. The summed E-state index contributed by atoms with van der Waals surface area (Å²) in [4.78, 5) is 37.2. The molecule has 2 amide bonds. The zero-order valence-electron chi connectivity index (χ0n) is 27.8. The second-order valence-electron chi connectivity index (χ2n) is 13.4. The van der Waals surface area contributed by atoms with Crippen molar-refractivity contribution in [3.63, 3.8) is 0 Å². The minimum atomic E-state index is -0.856. The van der Waals surface area contributed by atoms with Crippen LogP contribution >= 0.6 is 11.3 Å². The van der Waals surface area contributed by atoms with Crippen LogP contribution in [0, 0.1) is 0 Å². The van der Waals surface area contributed by atoms with Crippen molar-refractivity contribution in [2.75, 3.05) is 13.7 Å². The predicted molar refractivity (Wildman–Crippen MR) is 189 cm³/mol. The summed E-state index contributed by atoms with van der Waals surface area (Å²) in [5.41, 5.74) is 3.98. The van der Waals surface area contributed by atoms with Crippen molar-refractivity contribution in [3.05, 3.63) is 96.4 Å². The van der Waals surface area contributed by atoms with Crippen LogP contribution in [0.1, 0.15) is 64.0 Å². The van der Waals surface area contributed by atoms with Crippen LogP contribution in [-0.4, -0.2) is 58.8 Å². The minimum absolute atomic E-state index is 0.192. The number of amides is 2. The molecular weight excluding hydrogens is 623 g/mol. The Hall–Kier alpha value is -4.45. The SMILES string of the molecule is COC(=O)N[C@@H](C(=O)N1CCC[C@H]1c1ncc(-c2ccc(-c3cc4ccc(B5OC(C)(C)C(C)(C)O5)cc4s3)cc2)[nH]1)c1ccccc1. The Labute approximate surface area is 284 Å². The molecule has 2 aliphatic rings. The number of hydrogen-bond acceptors (Lipinski definition) is 7. The van der Waals surface area contributed by atoms with Crippen LogP contribution in [0.5, 0.6) is 0 Å². The molecule has 2 saturated heterocycles. The quantitative estimate of drug-likeness (QED) is 0.182. The molecule has 246 valence electrons. The first-order valence-corrected chi connectivity index (χ1v) is 17.1. The van der Waals surface area contributed by atoms with Crippen molar-refractivity contribution in [2.45, 2.75) is 63.8 Å². The first-order valence-electron chi connectivity index (χ1n) is 16.3. The molecule has 3 aromatic carbocycles. The van der Waals surface area contributed by atoms with E-state index < -0.39 is 12.1 Å². The molecule has 9 nitrogen and oxygen atoms in total. The topological polar surface area (TPSA) is 106 Å². The molecule has 0 radical (unpaired) electrons. The number of benzene rings is 3. The molecule has 2 N–H and O–H groups in total. The van der Waals surface area contributed by atoms with Gasteiger partial charge in [-0.2, -0.15) is 0 Å². The van der Waals surface area contributed by atoms with Crippen molar-refractivity contribution in [1.82, 2.24) is 20.2 Å². The highest BCUT2D eigenvalue weighted by Gasteiger charge is 2.51. The second kappa shape index (κ2) is 12.5. The molecule has 4 heterocycles. The lowest BCUT2D eigenvalue weighted by Crippen LogP contribution is -2.42. The summed E-state index contributed by atoms with van der Waals surface area (Å²) in [5.74, 6) is 0.537. The van der Waals surface area contributed by atoms with Crippen molar-refractivity contribution in [3.8, 4) is 21.7 Å². The number of thiophene rings is 1. The standard InChI is InChI=1S/C37H39BN4O5S/c1-36(2)37(3,4)47-38(46-36)27-18-17-26-20-30(48-31(26)21-27)24-15-13-23(14-16-24)28-22-39-33(40-28)29-12-9-19-42(29)34(43)32(41-35(44)45-5)25-10-7-6-8-11-25/h6-8,10-11,13-18,20-22,29,32H,9,12,19H2,1-5H3,(H,39,40)(H,41,44)/t29-,32+/m0/s1. The predicted octanol–water partition coefficient (Wildman–Crippen LogP) is 7.02. The van der Waals surface area contributed by atoms with E-state index in [1.807, 2.05) is 36.5 Å². The average molecular weight is 663 g/mol. The van der Waals surface area contributed by atoms with Crippen molar-refractivity contribution in [1.29, 1.82) is 0 Å². The Morgan fingerprint density at radius 2 is 1.71 bits per heavy atom. The van der Waals surface area contributed by atoms with E-state index in [1.54, 1.807) is 16.2 Å². The molecule has 11 heteroatoms. The van der Waals surface area contributed by atoms with Gasteiger partial charge in [0.15, 0.2) is 0 Å². The fourth-order valence-electron chi connectivity index (χ4n) is 6.37. The van der Waals surface area contributed by atoms with Crippen molar-refractivity contribution in [2.24, 2.45) is 0 Å². The molecule has 2 aliphatic heterocycles. The lowest BCUT2D eigenvalue weighted by atomic mass is 9.79. The van der Waals surface area contributed by atoms with Crippen LogP contribution in [0.25, 0.3) is 31.8 Å². The molecule has 48 heavy (non-hydrogen) atoms. The summed E-state index contributed by atoms with van der Waals surface area (Å²) in [7, 11) is 0.901. The van der Waals surface area contributed by atoms with Crippen LogP contribution in [0.3, 0.4) is 0 Å². The number of nitrogens with zero attached hydrogens (tertiary/aromatic N) is 2. The molecule has 2 fully saturated rings. The number of aromatic amines is 1. The number of fused-ring (bicyclic) bond motifs is 1. The average Bonchev–Trinajstić information content (AvgIpc) is 3.88. The molecular formula is C37H39BN4O5S. The molecule has 0 spiro atoms. The Morgan fingerprint density at radius 1 is 1.00 bits per heavy atom. The normalized spacial score (nSPS) is 19.1. The lowest BCUT2D eigenvalue weighted by Gasteiger charge is -2.32. The van der Waals surface area contributed by atoms with E-state index in [4.69, 9.17) is 19.0 Å². The highest BCUT2D eigenvalue weighted by atomic mass is 32.1. The summed E-state index contributed by atoms with van der Waals surface area (Å²) in [6, 6.07) is 25.2. The molecule has 0 bridgehead atoms. The molecule has 2 atom stereocenters. The first-order chi connectivity index (χ1) is 23.0. The number of nitrogens with one attached hydrogen (secondary N) is 2. The Kier molecular flexibility index (Phi) is 8.39. The van der Waals surface area contributed by atoms with Crippen LogP contribution in [0.2, 0.25) is 0 Å². The van der Waals surface area contributed by atoms with Gasteiger partial charge in [0.1, 0.15) is 11.9 Å². The number of methoxy groups -OCH3 is 1. The third kappa shape index (κ3) is 6.02. The molecule has 5 aromatic rings. The van der Waals surface area contributed by atoms with Gasteiger partial charge in [0.2, 0.25) is 0 Å². The van der Waals surface area contributed by atoms with E-state index in [0.717, 1.165) is 40.9 Å². The number of carbonyl (C=O) groups excluding carboxylic acids is 2. The van der Waals surface area contributed by atoms with Gasteiger partial charge in [-0.1, -0.05) is 66.7 Å². The van der Waals surface area contributed by atoms with E-state index in [2.05, 4.69) is 86.5 Å². The molecule has 2 aromatic heterocycles. The third-order valence-corrected chi connectivity index (χ3v) is 11.0. The fourth-order valence-corrected chi connectivity index (χ4v) is 7.49. The summed E-state index contributed by atoms with van der Waals surface area (Å²) in [6.45, 7) is 8.86. The fraction of sp³-hybridized carbons (Fsp3) is 0.324. The third-order valence-electron chi connectivity index (χ3n) is 9.82. The largest absolute Gasteiger partial charge is 0.494 e.